The minimum absolute atomic E-state index is 0. The summed E-state index contributed by atoms with van der Waals surface area (Å²) >= 11 is 6.06. The molecule has 0 radical (unpaired) electrons. The van der Waals surface area contributed by atoms with Gasteiger partial charge < -0.3 is 10.1 Å². The lowest BCUT2D eigenvalue weighted by molar-refractivity contribution is 0.412. The summed E-state index contributed by atoms with van der Waals surface area (Å²) in [7, 11) is -2.04. The number of benzene rings is 1. The summed E-state index contributed by atoms with van der Waals surface area (Å²) in [4.78, 5) is 0.131. The number of sulfonamides is 1. The van der Waals surface area contributed by atoms with Gasteiger partial charge in [-0.1, -0.05) is 11.6 Å². The van der Waals surface area contributed by atoms with Gasteiger partial charge in [-0.15, -0.1) is 12.4 Å². The molecule has 118 valence electrons. The summed E-state index contributed by atoms with van der Waals surface area (Å²) in [6, 6.07) is 4.71. The molecule has 0 saturated carbocycles. The van der Waals surface area contributed by atoms with E-state index in [1.54, 1.807) is 16.4 Å². The first kappa shape index (κ1) is 16.8. The van der Waals surface area contributed by atoms with E-state index in [1.165, 1.54) is 13.2 Å². The van der Waals surface area contributed by atoms with Crippen LogP contribution in [0.1, 0.15) is 0 Å². The normalized spacial score (nSPS) is 25.4. The Bertz CT molecular complexity index is 612. The molecule has 1 N–H and O–H groups in total. The third-order valence-electron chi connectivity index (χ3n) is 4.11. The number of ether oxygens (including phenoxy) is 1. The quantitative estimate of drug-likeness (QED) is 0.897. The first-order valence-corrected chi connectivity index (χ1v) is 8.38. The fourth-order valence-corrected chi connectivity index (χ4v) is 5.00. The molecule has 2 aliphatic heterocycles. The molecule has 3 rings (SSSR count). The van der Waals surface area contributed by atoms with Crippen LogP contribution in [0, 0.1) is 11.8 Å². The molecule has 2 aliphatic rings. The molecule has 2 atom stereocenters. The minimum atomic E-state index is -3.55. The Morgan fingerprint density at radius 3 is 2.48 bits per heavy atom. The van der Waals surface area contributed by atoms with Crippen molar-refractivity contribution in [3.05, 3.63) is 23.2 Å². The molecular weight excluding hydrogens is 335 g/mol. The molecule has 2 heterocycles. The van der Waals surface area contributed by atoms with Crippen LogP contribution in [0.2, 0.25) is 5.02 Å². The Morgan fingerprint density at radius 2 is 1.90 bits per heavy atom. The zero-order valence-corrected chi connectivity index (χ0v) is 14.0. The maximum Gasteiger partial charge on any atom is 0.244 e. The van der Waals surface area contributed by atoms with Gasteiger partial charge in [-0.25, -0.2) is 8.42 Å². The lowest BCUT2D eigenvalue weighted by Crippen LogP contribution is -2.32. The van der Waals surface area contributed by atoms with E-state index in [0.717, 1.165) is 13.1 Å². The largest absolute Gasteiger partial charge is 0.497 e. The lowest BCUT2D eigenvalue weighted by atomic mass is 10.0. The Labute approximate surface area is 136 Å². The Balaban J connectivity index is 0.00000161. The number of halogens is 2. The monoisotopic (exact) mass is 352 g/mol. The van der Waals surface area contributed by atoms with Gasteiger partial charge in [-0.2, -0.15) is 4.31 Å². The van der Waals surface area contributed by atoms with Crippen molar-refractivity contribution in [2.45, 2.75) is 4.90 Å². The van der Waals surface area contributed by atoms with Crippen LogP contribution in [0.3, 0.4) is 0 Å². The smallest absolute Gasteiger partial charge is 0.244 e. The maximum atomic E-state index is 12.7. The van der Waals surface area contributed by atoms with Crippen LogP contribution in [-0.2, 0) is 10.0 Å². The molecule has 8 heteroatoms. The summed E-state index contributed by atoms with van der Waals surface area (Å²) in [5, 5.41) is 3.54. The number of nitrogens with one attached hydrogen (secondary N) is 1. The van der Waals surface area contributed by atoms with Crippen molar-refractivity contribution in [3.8, 4) is 5.75 Å². The second kappa shape index (κ2) is 6.30. The van der Waals surface area contributed by atoms with Crippen molar-refractivity contribution >= 4 is 34.0 Å². The molecule has 0 unspecified atom stereocenters. The van der Waals surface area contributed by atoms with Crippen molar-refractivity contribution in [2.24, 2.45) is 11.8 Å². The molecule has 0 aliphatic carbocycles. The van der Waals surface area contributed by atoms with Gasteiger partial charge in [-0.3, -0.25) is 0 Å². The van der Waals surface area contributed by atoms with Gasteiger partial charge in [0.05, 0.1) is 12.1 Å². The van der Waals surface area contributed by atoms with E-state index in [-0.39, 0.29) is 22.3 Å². The molecule has 1 aromatic carbocycles. The van der Waals surface area contributed by atoms with Crippen LogP contribution in [0.5, 0.6) is 5.75 Å². The molecule has 0 amide bonds. The Morgan fingerprint density at radius 1 is 1.29 bits per heavy atom. The molecule has 0 aromatic heterocycles. The van der Waals surface area contributed by atoms with E-state index in [1.807, 2.05) is 0 Å². The molecule has 2 fully saturated rings. The molecule has 21 heavy (non-hydrogen) atoms. The highest BCUT2D eigenvalue weighted by Crippen LogP contribution is 2.34. The minimum Gasteiger partial charge on any atom is -0.497 e. The highest BCUT2D eigenvalue weighted by atomic mass is 35.5. The van der Waals surface area contributed by atoms with E-state index < -0.39 is 10.0 Å². The van der Waals surface area contributed by atoms with E-state index in [0.29, 0.717) is 30.7 Å². The van der Waals surface area contributed by atoms with Gasteiger partial charge in [0.25, 0.3) is 0 Å². The molecule has 2 saturated heterocycles. The first-order valence-electron chi connectivity index (χ1n) is 6.57. The summed E-state index contributed by atoms with van der Waals surface area (Å²) in [6.07, 6.45) is 0. The fraction of sp³-hybridized carbons (Fsp3) is 0.538. The summed E-state index contributed by atoms with van der Waals surface area (Å²) in [5.74, 6) is 1.32. The summed E-state index contributed by atoms with van der Waals surface area (Å²) in [6.45, 7) is 2.91. The molecule has 5 nitrogen and oxygen atoms in total. The van der Waals surface area contributed by atoms with Gasteiger partial charge in [0.2, 0.25) is 10.0 Å². The van der Waals surface area contributed by atoms with E-state index in [2.05, 4.69) is 5.32 Å². The van der Waals surface area contributed by atoms with E-state index in [9.17, 15) is 8.42 Å². The van der Waals surface area contributed by atoms with Crippen molar-refractivity contribution in [1.29, 1.82) is 0 Å². The lowest BCUT2D eigenvalue weighted by Gasteiger charge is -2.18. The van der Waals surface area contributed by atoms with Gasteiger partial charge in [0.1, 0.15) is 10.6 Å². The van der Waals surface area contributed by atoms with Crippen LogP contribution in [0.4, 0.5) is 0 Å². The van der Waals surface area contributed by atoms with Crippen LogP contribution in [-0.4, -0.2) is 46.0 Å². The Hall–Kier alpha value is -0.530. The van der Waals surface area contributed by atoms with Crippen molar-refractivity contribution in [2.75, 3.05) is 33.3 Å². The van der Waals surface area contributed by atoms with Crippen LogP contribution in [0.15, 0.2) is 23.1 Å². The van der Waals surface area contributed by atoms with Crippen LogP contribution < -0.4 is 10.1 Å². The standard InChI is InChI=1S/C13H17ClN2O3S.ClH/c1-19-11-2-3-12(14)13(4-11)20(17,18)16-7-9-5-15-6-10(9)8-16;/h2-4,9-10,15H,5-8H2,1H3;1H/t9-,10+;. The first-order chi connectivity index (χ1) is 9.52. The maximum absolute atomic E-state index is 12.7. The van der Waals surface area contributed by atoms with Crippen LogP contribution >= 0.6 is 24.0 Å². The van der Waals surface area contributed by atoms with E-state index in [4.69, 9.17) is 16.3 Å². The average molecular weight is 353 g/mol. The predicted octanol–water partition coefficient (Wildman–Crippen LogP) is 1.61. The SMILES string of the molecule is COc1ccc(Cl)c(S(=O)(=O)N2C[C@H]3CNC[C@H]3C2)c1.Cl. The second-order valence-corrected chi connectivity index (χ2v) is 7.61. The number of methoxy groups -OCH3 is 1. The third kappa shape index (κ3) is 3.00. The molecule has 0 bridgehead atoms. The van der Waals surface area contributed by atoms with E-state index >= 15 is 0 Å². The topological polar surface area (TPSA) is 58.6 Å². The highest BCUT2D eigenvalue weighted by molar-refractivity contribution is 7.89. The number of rotatable bonds is 3. The van der Waals surface area contributed by atoms with Crippen molar-refractivity contribution in [1.82, 2.24) is 9.62 Å². The van der Waals surface area contributed by atoms with Gasteiger partial charge in [-0.05, 0) is 37.1 Å². The van der Waals surface area contributed by atoms with Gasteiger partial charge >= 0.3 is 0 Å². The fourth-order valence-electron chi connectivity index (χ4n) is 2.96. The Kier molecular flexibility index (Phi) is 5.05. The average Bonchev–Trinajstić information content (AvgIpc) is 3.00. The summed E-state index contributed by atoms with van der Waals surface area (Å²) in [5.41, 5.74) is 0. The zero-order chi connectivity index (χ0) is 14.3. The zero-order valence-electron chi connectivity index (χ0n) is 11.6. The summed E-state index contributed by atoms with van der Waals surface area (Å²) < 4.78 is 32.1. The number of nitrogens with zero attached hydrogens (tertiary/aromatic N) is 1. The number of fused-ring (bicyclic) bond motifs is 1. The second-order valence-electron chi connectivity index (χ2n) is 5.30. The predicted molar refractivity (Wildman–Crippen MR) is 83.9 cm³/mol. The van der Waals surface area contributed by atoms with Crippen molar-refractivity contribution in [3.63, 3.8) is 0 Å². The molecule has 1 aromatic rings. The third-order valence-corrected chi connectivity index (χ3v) is 6.43. The molecule has 0 spiro atoms. The van der Waals surface area contributed by atoms with Crippen molar-refractivity contribution < 1.29 is 13.2 Å². The van der Waals surface area contributed by atoms with Gasteiger partial charge in [0.15, 0.2) is 0 Å². The number of hydrogen-bond donors (Lipinski definition) is 1. The van der Waals surface area contributed by atoms with Crippen LogP contribution in [0.25, 0.3) is 0 Å². The highest BCUT2D eigenvalue weighted by Gasteiger charge is 2.42. The number of hydrogen-bond acceptors (Lipinski definition) is 4. The molecular formula is C13H18Cl2N2O3S. The van der Waals surface area contributed by atoms with Gasteiger partial charge in [0, 0.05) is 19.2 Å².